The average Bonchev–Trinajstić information content (AvgIpc) is 2.78. The zero-order valence-corrected chi connectivity index (χ0v) is 22.5. The maximum Gasteiger partial charge on any atom is 0.116 e. The van der Waals surface area contributed by atoms with Crippen molar-refractivity contribution >= 4 is 0 Å². The number of methoxy groups -OCH3 is 1. The summed E-state index contributed by atoms with van der Waals surface area (Å²) in [6, 6.07) is 0. The molecule has 1 atom stereocenters. The molecule has 0 spiro atoms. The quantitative estimate of drug-likeness (QED) is 0.183. The number of hydrogen-bond donors (Lipinski definition) is 1. The summed E-state index contributed by atoms with van der Waals surface area (Å²) < 4.78 is 11.5. The van der Waals surface area contributed by atoms with Crippen molar-refractivity contribution in [2.45, 2.75) is 66.9 Å². The van der Waals surface area contributed by atoms with Gasteiger partial charge in [0.05, 0.1) is 0 Å². The van der Waals surface area contributed by atoms with E-state index in [9.17, 15) is 0 Å². The molecule has 0 aliphatic heterocycles. The van der Waals surface area contributed by atoms with E-state index < -0.39 is 0 Å². The third-order valence-corrected chi connectivity index (χ3v) is 4.30. The van der Waals surface area contributed by atoms with Crippen LogP contribution in [0.15, 0.2) is 60.6 Å². The van der Waals surface area contributed by atoms with Crippen LogP contribution in [0.5, 0.6) is 0 Å². The van der Waals surface area contributed by atoms with Gasteiger partial charge < -0.3 is 14.8 Å². The average molecular weight is 459 g/mol. The predicted octanol–water partition coefficient (Wildman–Crippen LogP) is 6.50. The first kappa shape index (κ1) is 33.0. The van der Waals surface area contributed by atoms with Gasteiger partial charge in [-0.3, -0.25) is 4.90 Å². The van der Waals surface area contributed by atoms with Crippen LogP contribution in [0.25, 0.3) is 0 Å². The first-order valence-corrected chi connectivity index (χ1v) is 11.9. The molecule has 0 saturated heterocycles. The maximum absolute atomic E-state index is 5.99. The van der Waals surface area contributed by atoms with Crippen molar-refractivity contribution in [1.29, 1.82) is 0 Å². The summed E-state index contributed by atoms with van der Waals surface area (Å²) in [4.78, 5) is 2.48. The molecule has 4 nitrogen and oxygen atoms in total. The van der Waals surface area contributed by atoms with Crippen molar-refractivity contribution in [3.8, 4) is 12.8 Å². The van der Waals surface area contributed by atoms with Crippen LogP contribution in [-0.2, 0) is 9.47 Å². The van der Waals surface area contributed by atoms with Gasteiger partial charge in [0.15, 0.2) is 0 Å². The van der Waals surface area contributed by atoms with Gasteiger partial charge in [0.2, 0.25) is 0 Å². The summed E-state index contributed by atoms with van der Waals surface area (Å²) >= 11 is 0. The third kappa shape index (κ3) is 21.4. The van der Waals surface area contributed by atoms with Crippen molar-refractivity contribution < 1.29 is 9.47 Å². The third-order valence-electron chi connectivity index (χ3n) is 4.30. The lowest BCUT2D eigenvalue weighted by Gasteiger charge is -2.24. The van der Waals surface area contributed by atoms with E-state index in [-0.39, 0.29) is 6.10 Å². The molecular formula is C29H50N2O2. The molecule has 0 aromatic carbocycles. The van der Waals surface area contributed by atoms with Gasteiger partial charge in [-0.1, -0.05) is 65.5 Å². The van der Waals surface area contributed by atoms with Crippen LogP contribution < -0.4 is 5.32 Å². The molecule has 4 heteroatoms. The summed E-state index contributed by atoms with van der Waals surface area (Å²) in [5.41, 5.74) is 2.73. The second-order valence-electron chi connectivity index (χ2n) is 9.53. The minimum atomic E-state index is -0.0299. The molecule has 1 N–H and O–H groups in total. The van der Waals surface area contributed by atoms with Crippen molar-refractivity contribution in [1.82, 2.24) is 10.2 Å². The van der Waals surface area contributed by atoms with Crippen molar-refractivity contribution in [2.24, 2.45) is 5.41 Å². The fourth-order valence-corrected chi connectivity index (χ4v) is 2.77. The Bertz CT molecular complexity index is 630. The van der Waals surface area contributed by atoms with Crippen LogP contribution in [0.2, 0.25) is 0 Å². The number of allylic oxidation sites excluding steroid dienone is 4. The highest BCUT2D eigenvalue weighted by atomic mass is 16.5. The lowest BCUT2D eigenvalue weighted by molar-refractivity contribution is 0.0378. The van der Waals surface area contributed by atoms with E-state index >= 15 is 0 Å². The van der Waals surface area contributed by atoms with Crippen LogP contribution in [0.1, 0.15) is 60.8 Å². The smallest absolute Gasteiger partial charge is 0.116 e. The Kier molecular flexibility index (Phi) is 20.4. The molecule has 1 aliphatic carbocycles. The standard InChI is InChI=1S/C22H36N2O2.C5H12.C2H2/c1-6-9-14-24(13-7-2)17-20-11-10-12-21(15-20)26-18-22(25-5)16-23-19(4)8-3;1-5(2,3)4;1-2/h6,8-9,12,15,22-23H,3-4,7,10-11,13-14,16-18H2,1-2,5H3;1-4H3;1-2H/b9-6+;;. The molecule has 0 radical (unpaired) electrons. The monoisotopic (exact) mass is 458 g/mol. The van der Waals surface area contributed by atoms with Crippen molar-refractivity contribution in [3.05, 3.63) is 60.6 Å². The fourth-order valence-electron chi connectivity index (χ4n) is 2.77. The van der Waals surface area contributed by atoms with Crippen LogP contribution in [0.4, 0.5) is 0 Å². The van der Waals surface area contributed by atoms with Gasteiger partial charge in [-0.05, 0) is 56.4 Å². The van der Waals surface area contributed by atoms with Gasteiger partial charge >= 0.3 is 0 Å². The molecule has 1 aliphatic rings. The number of hydrogen-bond acceptors (Lipinski definition) is 4. The molecule has 0 amide bonds. The summed E-state index contributed by atoms with van der Waals surface area (Å²) in [6.07, 6.45) is 21.7. The van der Waals surface area contributed by atoms with Gasteiger partial charge in [-0.2, -0.15) is 0 Å². The summed E-state index contributed by atoms with van der Waals surface area (Å²) in [5.74, 6) is 0.957. The number of nitrogens with zero attached hydrogens (tertiary/aromatic N) is 1. The SMILES string of the molecule is C#C.C=CC(=C)NCC(COC1=CCCC(CN(C/C=C/C)CCC)=C1)OC.CC(C)(C)C. The lowest BCUT2D eigenvalue weighted by Crippen LogP contribution is -2.31. The Morgan fingerprint density at radius 3 is 2.45 bits per heavy atom. The molecule has 0 saturated carbocycles. The van der Waals surface area contributed by atoms with Crippen LogP contribution >= 0.6 is 0 Å². The highest BCUT2D eigenvalue weighted by molar-refractivity contribution is 5.24. The van der Waals surface area contributed by atoms with E-state index in [1.165, 1.54) is 12.0 Å². The first-order chi connectivity index (χ1) is 15.6. The Balaban J connectivity index is 0. The van der Waals surface area contributed by atoms with Crippen molar-refractivity contribution in [3.63, 3.8) is 0 Å². The van der Waals surface area contributed by atoms with Crippen LogP contribution in [0.3, 0.4) is 0 Å². The lowest BCUT2D eigenvalue weighted by atomic mass is 10.0. The largest absolute Gasteiger partial charge is 0.491 e. The molecule has 0 aromatic rings. The van der Waals surface area contributed by atoms with Gasteiger partial charge in [-0.25, -0.2) is 0 Å². The second kappa shape index (κ2) is 20.4. The number of ether oxygens (including phenoxy) is 2. The zero-order chi connectivity index (χ0) is 25.7. The van der Waals surface area contributed by atoms with Gasteiger partial charge in [0.1, 0.15) is 18.5 Å². The Labute approximate surface area is 205 Å². The van der Waals surface area contributed by atoms with Gasteiger partial charge in [0, 0.05) is 32.4 Å². The highest BCUT2D eigenvalue weighted by Gasteiger charge is 2.13. The van der Waals surface area contributed by atoms with E-state index in [1.807, 2.05) is 0 Å². The molecule has 0 bridgehead atoms. The highest BCUT2D eigenvalue weighted by Crippen LogP contribution is 2.20. The number of rotatable bonds is 14. The van der Waals surface area contributed by atoms with E-state index in [2.05, 4.69) is 102 Å². The van der Waals surface area contributed by atoms with Crippen LogP contribution in [-0.4, -0.2) is 50.9 Å². The Morgan fingerprint density at radius 1 is 1.30 bits per heavy atom. The molecule has 33 heavy (non-hydrogen) atoms. The Morgan fingerprint density at radius 2 is 1.94 bits per heavy atom. The van der Waals surface area contributed by atoms with Gasteiger partial charge in [-0.15, -0.1) is 12.8 Å². The van der Waals surface area contributed by atoms with E-state index in [4.69, 9.17) is 9.47 Å². The molecule has 0 aromatic heterocycles. The minimum Gasteiger partial charge on any atom is -0.491 e. The summed E-state index contributed by atoms with van der Waals surface area (Å²) in [6.45, 7) is 24.9. The molecular weight excluding hydrogens is 408 g/mol. The van der Waals surface area contributed by atoms with E-state index in [0.29, 0.717) is 18.6 Å². The maximum atomic E-state index is 5.99. The fraction of sp³-hybridized carbons (Fsp3) is 0.586. The number of nitrogens with one attached hydrogen (secondary N) is 1. The summed E-state index contributed by atoms with van der Waals surface area (Å²) in [7, 11) is 1.70. The summed E-state index contributed by atoms with van der Waals surface area (Å²) in [5, 5.41) is 3.17. The van der Waals surface area contributed by atoms with E-state index in [0.717, 1.165) is 43.9 Å². The molecule has 1 unspecified atom stereocenters. The molecule has 188 valence electrons. The molecule has 0 fully saturated rings. The van der Waals surface area contributed by atoms with E-state index in [1.54, 1.807) is 13.2 Å². The molecule has 0 heterocycles. The van der Waals surface area contributed by atoms with Gasteiger partial charge in [0.25, 0.3) is 0 Å². The first-order valence-electron chi connectivity index (χ1n) is 11.9. The topological polar surface area (TPSA) is 33.7 Å². The predicted molar refractivity (Wildman–Crippen MR) is 146 cm³/mol. The normalized spacial score (nSPS) is 14.1. The molecule has 1 rings (SSSR count). The van der Waals surface area contributed by atoms with Crippen molar-refractivity contribution in [2.75, 3.05) is 39.9 Å². The minimum absolute atomic E-state index is 0.0299. The Hall–Kier alpha value is -2.22. The number of terminal acetylenes is 1. The second-order valence-corrected chi connectivity index (χ2v) is 9.53. The van der Waals surface area contributed by atoms with Crippen LogP contribution in [0, 0.1) is 18.3 Å². The zero-order valence-electron chi connectivity index (χ0n) is 22.5.